The molecule has 1 amide bonds. The Balaban J connectivity index is 2.02. The smallest absolute Gasteiger partial charge is 0.267 e. The summed E-state index contributed by atoms with van der Waals surface area (Å²) in [5.74, 6) is 0.913. The molecule has 6 heteroatoms. The standard InChI is InChI=1S/C14H16N4OS/c1-10(18(2)3)16-11-4-6-12(7-5-11)17-14(19)13-8-15-9-20-13/h4-9H,1-3H3,(H,17,19)/p+1. The lowest BCUT2D eigenvalue weighted by Crippen LogP contribution is -2.18. The van der Waals surface area contributed by atoms with Gasteiger partial charge in [-0.25, -0.2) is 5.32 Å². The van der Waals surface area contributed by atoms with Crippen LogP contribution >= 0.6 is 11.3 Å². The van der Waals surface area contributed by atoms with E-state index in [1.54, 1.807) is 11.7 Å². The number of nitrogens with one attached hydrogen (secondary N) is 2. The molecule has 0 unspecified atom stereocenters. The number of thiazole rings is 1. The Labute approximate surface area is 122 Å². The fourth-order valence-corrected chi connectivity index (χ4v) is 1.99. The summed E-state index contributed by atoms with van der Waals surface area (Å²) in [6.45, 7) is 2.00. The van der Waals surface area contributed by atoms with Gasteiger partial charge in [-0.3, -0.25) is 14.4 Å². The van der Waals surface area contributed by atoms with Gasteiger partial charge in [0.15, 0.2) is 0 Å². The van der Waals surface area contributed by atoms with Gasteiger partial charge in [0.05, 0.1) is 25.8 Å². The quantitative estimate of drug-likeness (QED) is 0.518. The van der Waals surface area contributed by atoms with Crippen molar-refractivity contribution in [3.63, 3.8) is 0 Å². The molecule has 1 heterocycles. The largest absolute Gasteiger partial charge is 0.321 e. The van der Waals surface area contributed by atoms with Crippen molar-refractivity contribution in [2.45, 2.75) is 6.92 Å². The second-order valence-corrected chi connectivity index (χ2v) is 5.39. The highest BCUT2D eigenvalue weighted by Crippen LogP contribution is 2.15. The zero-order valence-electron chi connectivity index (χ0n) is 11.7. The number of carbonyl (C=O) groups excluding carboxylic acids is 1. The summed E-state index contributed by atoms with van der Waals surface area (Å²) >= 11 is 1.32. The predicted molar refractivity (Wildman–Crippen MR) is 82.9 cm³/mol. The monoisotopic (exact) mass is 289 g/mol. The van der Waals surface area contributed by atoms with E-state index in [2.05, 4.69) is 15.6 Å². The van der Waals surface area contributed by atoms with Crippen LogP contribution in [-0.2, 0) is 0 Å². The normalized spacial score (nSPS) is 9.95. The van der Waals surface area contributed by atoms with Gasteiger partial charge < -0.3 is 5.32 Å². The van der Waals surface area contributed by atoms with Gasteiger partial charge in [-0.05, 0) is 24.3 Å². The van der Waals surface area contributed by atoms with Gasteiger partial charge in [-0.15, -0.1) is 11.3 Å². The topological polar surface area (TPSA) is 57.0 Å². The van der Waals surface area contributed by atoms with Gasteiger partial charge in [0.1, 0.15) is 10.6 Å². The molecule has 20 heavy (non-hydrogen) atoms. The SMILES string of the molecule is CC(Nc1ccc(NC(=O)c2cncs2)cc1)=[N+](C)C. The van der Waals surface area contributed by atoms with Gasteiger partial charge >= 0.3 is 0 Å². The van der Waals surface area contributed by atoms with E-state index in [9.17, 15) is 4.79 Å². The summed E-state index contributed by atoms with van der Waals surface area (Å²) in [4.78, 5) is 16.3. The molecule has 0 spiro atoms. The lowest BCUT2D eigenvalue weighted by Gasteiger charge is -2.05. The molecule has 0 saturated carbocycles. The molecule has 0 fully saturated rings. The van der Waals surface area contributed by atoms with E-state index in [0.29, 0.717) is 4.88 Å². The summed E-state index contributed by atoms with van der Waals surface area (Å²) in [7, 11) is 3.96. The number of hydrogen-bond acceptors (Lipinski definition) is 3. The number of aromatic nitrogens is 1. The first-order valence-electron chi connectivity index (χ1n) is 6.14. The van der Waals surface area contributed by atoms with Crippen LogP contribution in [0.1, 0.15) is 16.6 Å². The highest BCUT2D eigenvalue weighted by Gasteiger charge is 2.08. The lowest BCUT2D eigenvalue weighted by atomic mass is 10.2. The van der Waals surface area contributed by atoms with Gasteiger partial charge in [-0.2, -0.15) is 0 Å². The number of nitrogens with zero attached hydrogens (tertiary/aromatic N) is 2. The molecule has 0 atom stereocenters. The van der Waals surface area contributed by atoms with Gasteiger partial charge in [0.2, 0.25) is 5.84 Å². The Morgan fingerprint density at radius 3 is 2.25 bits per heavy atom. The maximum Gasteiger partial charge on any atom is 0.267 e. The molecule has 0 bridgehead atoms. The zero-order chi connectivity index (χ0) is 14.5. The first-order valence-corrected chi connectivity index (χ1v) is 7.02. The van der Waals surface area contributed by atoms with Crippen molar-refractivity contribution in [3.05, 3.63) is 40.8 Å². The van der Waals surface area contributed by atoms with Crippen LogP contribution in [0.4, 0.5) is 11.4 Å². The Morgan fingerprint density at radius 2 is 1.75 bits per heavy atom. The Morgan fingerprint density at radius 1 is 1.15 bits per heavy atom. The van der Waals surface area contributed by atoms with E-state index >= 15 is 0 Å². The summed E-state index contributed by atoms with van der Waals surface area (Å²) in [6.07, 6.45) is 1.56. The summed E-state index contributed by atoms with van der Waals surface area (Å²) in [6, 6.07) is 7.58. The van der Waals surface area contributed by atoms with E-state index in [1.165, 1.54) is 11.3 Å². The van der Waals surface area contributed by atoms with E-state index in [-0.39, 0.29) is 5.91 Å². The third kappa shape index (κ3) is 3.64. The molecule has 2 N–H and O–H groups in total. The van der Waals surface area contributed by atoms with Gasteiger partial charge in [0, 0.05) is 12.6 Å². The maximum absolute atomic E-state index is 11.9. The Kier molecular flexibility index (Phi) is 4.47. The van der Waals surface area contributed by atoms with Crippen molar-refractivity contribution in [1.82, 2.24) is 4.98 Å². The minimum absolute atomic E-state index is 0.135. The van der Waals surface area contributed by atoms with Crippen LogP contribution in [0.3, 0.4) is 0 Å². The number of carbonyl (C=O) groups is 1. The number of anilines is 2. The highest BCUT2D eigenvalue weighted by molar-refractivity contribution is 7.11. The zero-order valence-corrected chi connectivity index (χ0v) is 12.5. The molecular weight excluding hydrogens is 272 g/mol. The van der Waals surface area contributed by atoms with Crippen LogP contribution in [0.5, 0.6) is 0 Å². The van der Waals surface area contributed by atoms with Crippen molar-refractivity contribution < 1.29 is 9.37 Å². The lowest BCUT2D eigenvalue weighted by molar-refractivity contribution is -0.464. The van der Waals surface area contributed by atoms with Crippen molar-refractivity contribution >= 4 is 34.5 Å². The summed E-state index contributed by atoms with van der Waals surface area (Å²) in [5, 5.41) is 6.11. The van der Waals surface area contributed by atoms with Crippen LogP contribution in [0.15, 0.2) is 36.0 Å². The van der Waals surface area contributed by atoms with Crippen LogP contribution in [-0.4, -0.2) is 35.4 Å². The number of amides is 1. The second kappa shape index (κ2) is 6.29. The Bertz CT molecular complexity index is 613. The molecule has 0 saturated heterocycles. The molecule has 1 aromatic carbocycles. The van der Waals surface area contributed by atoms with Crippen LogP contribution in [0.25, 0.3) is 0 Å². The van der Waals surface area contributed by atoms with Crippen molar-refractivity contribution in [2.24, 2.45) is 0 Å². The average Bonchev–Trinajstić information content (AvgIpc) is 2.95. The minimum atomic E-state index is -0.135. The van der Waals surface area contributed by atoms with E-state index in [1.807, 2.05) is 49.9 Å². The number of benzene rings is 1. The molecule has 2 aromatic rings. The van der Waals surface area contributed by atoms with E-state index in [4.69, 9.17) is 0 Å². The van der Waals surface area contributed by atoms with Crippen molar-refractivity contribution in [1.29, 1.82) is 0 Å². The number of rotatable bonds is 3. The van der Waals surface area contributed by atoms with Gasteiger partial charge in [0.25, 0.3) is 5.91 Å². The second-order valence-electron chi connectivity index (χ2n) is 4.50. The highest BCUT2D eigenvalue weighted by atomic mass is 32.1. The predicted octanol–water partition coefficient (Wildman–Crippen LogP) is 2.50. The first-order chi connectivity index (χ1) is 9.56. The molecule has 0 aliphatic carbocycles. The third-order valence-corrected chi connectivity index (χ3v) is 3.57. The summed E-state index contributed by atoms with van der Waals surface area (Å²) < 4.78 is 2.00. The van der Waals surface area contributed by atoms with Crippen LogP contribution < -0.4 is 10.6 Å². The van der Waals surface area contributed by atoms with Gasteiger partial charge in [-0.1, -0.05) is 0 Å². The summed E-state index contributed by atoms with van der Waals surface area (Å²) in [5.41, 5.74) is 3.38. The molecule has 2 rings (SSSR count). The molecule has 1 aromatic heterocycles. The maximum atomic E-state index is 11.9. The first kappa shape index (κ1) is 14.2. The number of amidine groups is 1. The molecule has 0 aliphatic heterocycles. The average molecular weight is 289 g/mol. The van der Waals surface area contributed by atoms with Crippen molar-refractivity contribution in [2.75, 3.05) is 24.7 Å². The number of hydrogen-bond donors (Lipinski definition) is 2. The van der Waals surface area contributed by atoms with E-state index in [0.717, 1.165) is 17.2 Å². The fourth-order valence-electron chi connectivity index (χ4n) is 1.48. The molecule has 0 aliphatic rings. The van der Waals surface area contributed by atoms with E-state index < -0.39 is 0 Å². The minimum Gasteiger partial charge on any atom is -0.321 e. The van der Waals surface area contributed by atoms with Crippen molar-refractivity contribution in [3.8, 4) is 0 Å². The fraction of sp³-hybridized carbons (Fsp3) is 0.214. The van der Waals surface area contributed by atoms with Crippen LogP contribution in [0, 0.1) is 0 Å². The molecule has 0 radical (unpaired) electrons. The molecular formula is C14H17N4OS+. The molecule has 104 valence electrons. The van der Waals surface area contributed by atoms with Crippen LogP contribution in [0.2, 0.25) is 0 Å². The molecule has 5 nitrogen and oxygen atoms in total. The third-order valence-electron chi connectivity index (χ3n) is 2.79. The Hall–Kier alpha value is -2.21.